The lowest BCUT2D eigenvalue weighted by Gasteiger charge is -2.58. The smallest absolute Gasteiger partial charge is 0.334 e. The van der Waals surface area contributed by atoms with Gasteiger partial charge in [-0.2, -0.15) is 0 Å². The van der Waals surface area contributed by atoms with Crippen molar-refractivity contribution in [1.82, 2.24) is 20.0 Å². The summed E-state index contributed by atoms with van der Waals surface area (Å²) in [6.45, 7) is 2.80. The standard InChI is InChI=1S/C23H34N6O6/c1-3-4-9-27-17(30)15(16(24)25)18(31)29(21(27)34)14-5-7-22(8-6-14)12-23(13-22)19(32)26-20(33)28(23)10-11-35-2/h14H,3-13,24-25H2,1-2H3,(H,26,32,33). The van der Waals surface area contributed by atoms with Crippen molar-refractivity contribution in [2.24, 2.45) is 16.9 Å². The molecule has 2 heterocycles. The zero-order chi connectivity index (χ0) is 25.5. The number of amides is 7. The topological polar surface area (TPSA) is 168 Å². The van der Waals surface area contributed by atoms with Crippen molar-refractivity contribution < 1.29 is 28.7 Å². The average molecular weight is 491 g/mol. The van der Waals surface area contributed by atoms with Crippen LogP contribution in [-0.4, -0.2) is 82.9 Å². The fourth-order valence-corrected chi connectivity index (χ4v) is 6.20. The summed E-state index contributed by atoms with van der Waals surface area (Å²) in [7, 11) is 1.55. The molecule has 2 saturated carbocycles. The Labute approximate surface area is 203 Å². The highest BCUT2D eigenvalue weighted by Gasteiger charge is 2.66. The van der Waals surface area contributed by atoms with Crippen LogP contribution in [0.4, 0.5) is 9.59 Å². The van der Waals surface area contributed by atoms with Crippen molar-refractivity contribution in [2.75, 3.05) is 26.8 Å². The van der Waals surface area contributed by atoms with E-state index in [0.29, 0.717) is 58.1 Å². The van der Waals surface area contributed by atoms with Gasteiger partial charge in [0.2, 0.25) is 0 Å². The van der Waals surface area contributed by atoms with Crippen LogP contribution in [0.15, 0.2) is 11.4 Å². The van der Waals surface area contributed by atoms with Crippen LogP contribution in [0.2, 0.25) is 0 Å². The number of carbonyl (C=O) groups excluding carboxylic acids is 5. The first-order valence-corrected chi connectivity index (χ1v) is 12.2. The molecule has 192 valence electrons. The Morgan fingerprint density at radius 1 is 1.06 bits per heavy atom. The first kappa shape index (κ1) is 25.0. The Bertz CT molecular complexity index is 973. The highest BCUT2D eigenvalue weighted by atomic mass is 16.5. The number of imide groups is 3. The van der Waals surface area contributed by atoms with E-state index in [-0.39, 0.29) is 29.3 Å². The summed E-state index contributed by atoms with van der Waals surface area (Å²) in [6, 6.07) is -1.42. The van der Waals surface area contributed by atoms with Gasteiger partial charge in [-0.25, -0.2) is 9.59 Å². The van der Waals surface area contributed by atoms with Crippen LogP contribution in [0.1, 0.15) is 58.3 Å². The van der Waals surface area contributed by atoms with Crippen LogP contribution in [0.5, 0.6) is 0 Å². The molecule has 4 fully saturated rings. The normalized spacial score (nSPS) is 31.0. The van der Waals surface area contributed by atoms with E-state index in [4.69, 9.17) is 16.2 Å². The molecule has 2 aliphatic carbocycles. The summed E-state index contributed by atoms with van der Waals surface area (Å²) >= 11 is 0. The zero-order valence-electron chi connectivity index (χ0n) is 20.3. The number of urea groups is 2. The van der Waals surface area contributed by atoms with E-state index in [1.54, 1.807) is 12.0 Å². The largest absolute Gasteiger partial charge is 0.385 e. The molecule has 5 N–H and O–H groups in total. The summed E-state index contributed by atoms with van der Waals surface area (Å²) in [4.78, 5) is 67.8. The van der Waals surface area contributed by atoms with Gasteiger partial charge in [0.1, 0.15) is 16.9 Å². The number of ether oxygens (including phenoxy) is 1. The van der Waals surface area contributed by atoms with Crippen LogP contribution >= 0.6 is 0 Å². The number of unbranched alkanes of at least 4 members (excludes halogenated alkanes) is 1. The Morgan fingerprint density at radius 3 is 2.29 bits per heavy atom. The molecule has 0 aromatic rings. The molecule has 35 heavy (non-hydrogen) atoms. The Balaban J connectivity index is 1.47. The number of hydrogen-bond donors (Lipinski definition) is 3. The molecular formula is C23H34N6O6. The minimum absolute atomic E-state index is 0.144. The van der Waals surface area contributed by atoms with Gasteiger partial charge in [0.05, 0.1) is 6.61 Å². The van der Waals surface area contributed by atoms with Gasteiger partial charge in [-0.05, 0) is 50.4 Å². The van der Waals surface area contributed by atoms with E-state index in [9.17, 15) is 24.0 Å². The second-order valence-electron chi connectivity index (χ2n) is 10.1. The Kier molecular flexibility index (Phi) is 6.52. The first-order valence-electron chi connectivity index (χ1n) is 12.2. The fraction of sp³-hybridized carbons (Fsp3) is 0.696. The van der Waals surface area contributed by atoms with Gasteiger partial charge < -0.3 is 21.1 Å². The number of methoxy groups -OCH3 is 1. The van der Waals surface area contributed by atoms with Crippen molar-refractivity contribution in [3.63, 3.8) is 0 Å². The highest BCUT2D eigenvalue weighted by molar-refractivity contribution is 6.29. The van der Waals surface area contributed by atoms with Gasteiger partial charge in [0.25, 0.3) is 17.7 Å². The molecule has 4 aliphatic rings. The van der Waals surface area contributed by atoms with Crippen LogP contribution in [-0.2, 0) is 19.1 Å². The molecule has 0 bridgehead atoms. The lowest BCUT2D eigenvalue weighted by atomic mass is 9.51. The Morgan fingerprint density at radius 2 is 1.71 bits per heavy atom. The van der Waals surface area contributed by atoms with E-state index >= 15 is 0 Å². The molecule has 2 aliphatic heterocycles. The maximum absolute atomic E-state index is 13.2. The first-order chi connectivity index (χ1) is 16.6. The maximum Gasteiger partial charge on any atom is 0.334 e. The van der Waals surface area contributed by atoms with Crippen molar-refractivity contribution >= 4 is 29.8 Å². The molecule has 0 atom stereocenters. The second kappa shape index (κ2) is 9.14. The van der Waals surface area contributed by atoms with E-state index in [0.717, 1.165) is 16.2 Å². The van der Waals surface area contributed by atoms with Crippen molar-refractivity contribution in [3.8, 4) is 0 Å². The third-order valence-corrected chi connectivity index (χ3v) is 7.99. The fourth-order valence-electron chi connectivity index (χ4n) is 6.20. The summed E-state index contributed by atoms with van der Waals surface area (Å²) in [6.07, 6.45) is 4.91. The molecule has 0 aromatic carbocycles. The molecular weight excluding hydrogens is 456 g/mol. The van der Waals surface area contributed by atoms with E-state index < -0.39 is 35.5 Å². The molecule has 12 nitrogen and oxygen atoms in total. The van der Waals surface area contributed by atoms with Gasteiger partial charge in [0.15, 0.2) is 0 Å². The third-order valence-electron chi connectivity index (χ3n) is 7.99. The van der Waals surface area contributed by atoms with E-state index in [2.05, 4.69) is 5.32 Å². The predicted molar refractivity (Wildman–Crippen MR) is 123 cm³/mol. The van der Waals surface area contributed by atoms with Crippen LogP contribution in [0.25, 0.3) is 0 Å². The number of barbiturate groups is 1. The quantitative estimate of drug-likeness (QED) is 0.261. The summed E-state index contributed by atoms with van der Waals surface area (Å²) in [5.74, 6) is -2.15. The minimum atomic E-state index is -0.855. The summed E-state index contributed by atoms with van der Waals surface area (Å²) in [5, 5.41) is 2.43. The summed E-state index contributed by atoms with van der Waals surface area (Å²) < 4.78 is 5.10. The number of carbonyl (C=O) groups is 5. The summed E-state index contributed by atoms with van der Waals surface area (Å²) in [5.41, 5.74) is 9.97. The maximum atomic E-state index is 13.2. The van der Waals surface area contributed by atoms with Crippen molar-refractivity contribution in [1.29, 1.82) is 0 Å². The van der Waals surface area contributed by atoms with Crippen molar-refractivity contribution in [2.45, 2.75) is 69.9 Å². The Hall–Kier alpha value is -3.15. The number of nitrogens with one attached hydrogen (secondary N) is 1. The number of hydrogen-bond acceptors (Lipinski definition) is 8. The molecule has 0 radical (unpaired) electrons. The number of nitrogens with zero attached hydrogens (tertiary/aromatic N) is 3. The van der Waals surface area contributed by atoms with Gasteiger partial charge in [-0.3, -0.25) is 29.5 Å². The molecule has 0 aromatic heterocycles. The van der Waals surface area contributed by atoms with Crippen LogP contribution in [0.3, 0.4) is 0 Å². The molecule has 0 unspecified atom stereocenters. The highest BCUT2D eigenvalue weighted by Crippen LogP contribution is 2.60. The zero-order valence-corrected chi connectivity index (χ0v) is 20.3. The number of rotatable bonds is 7. The van der Waals surface area contributed by atoms with Crippen LogP contribution in [0, 0.1) is 5.41 Å². The molecule has 12 heteroatoms. The third kappa shape index (κ3) is 3.93. The molecule has 2 saturated heterocycles. The number of nitrogens with two attached hydrogens (primary N) is 2. The molecule has 2 spiro atoms. The van der Waals surface area contributed by atoms with Crippen molar-refractivity contribution in [3.05, 3.63) is 11.4 Å². The van der Waals surface area contributed by atoms with Gasteiger partial charge in [-0.15, -0.1) is 0 Å². The lowest BCUT2D eigenvalue weighted by Crippen LogP contribution is -2.66. The predicted octanol–water partition coefficient (Wildman–Crippen LogP) is 0.366. The van der Waals surface area contributed by atoms with Gasteiger partial charge in [0, 0.05) is 26.2 Å². The average Bonchev–Trinajstić information content (AvgIpc) is 3.02. The van der Waals surface area contributed by atoms with Gasteiger partial charge in [-0.1, -0.05) is 13.3 Å². The SMILES string of the molecule is CCCCN1C(=O)C(=C(N)N)C(=O)N(C2CCC3(CC2)CC2(C3)C(=O)NC(=O)N2CCOC)C1=O. The van der Waals surface area contributed by atoms with Gasteiger partial charge >= 0.3 is 12.1 Å². The van der Waals surface area contributed by atoms with E-state index in [1.807, 2.05) is 6.92 Å². The minimum Gasteiger partial charge on any atom is -0.385 e. The van der Waals surface area contributed by atoms with E-state index in [1.165, 1.54) is 0 Å². The van der Waals surface area contributed by atoms with Crippen LogP contribution < -0.4 is 16.8 Å². The monoisotopic (exact) mass is 490 g/mol. The molecule has 7 amide bonds. The lowest BCUT2D eigenvalue weighted by molar-refractivity contribution is -0.147. The second-order valence-corrected chi connectivity index (χ2v) is 10.1. The molecule has 4 rings (SSSR count).